The van der Waals surface area contributed by atoms with Gasteiger partial charge in [-0.2, -0.15) is 0 Å². The normalized spacial score (nSPS) is 10.8. The van der Waals surface area contributed by atoms with E-state index in [-0.39, 0.29) is 11.4 Å². The molecule has 0 aliphatic heterocycles. The average Bonchev–Trinajstić information content (AvgIpc) is 3.07. The monoisotopic (exact) mass is 347 g/mol. The Morgan fingerprint density at radius 3 is 2.46 bits per heavy atom. The first kappa shape index (κ1) is 15.9. The van der Waals surface area contributed by atoms with E-state index in [4.69, 9.17) is 4.42 Å². The summed E-state index contributed by atoms with van der Waals surface area (Å²) in [6.45, 7) is 0. The molecule has 0 aliphatic rings. The van der Waals surface area contributed by atoms with Crippen LogP contribution in [0.2, 0.25) is 0 Å². The number of nitrogens with one attached hydrogen (secondary N) is 1. The predicted octanol–water partition coefficient (Wildman–Crippen LogP) is 5.68. The zero-order valence-electron chi connectivity index (χ0n) is 13.6. The molecule has 0 spiro atoms. The molecule has 0 amide bonds. The number of anilines is 2. The first-order chi connectivity index (χ1) is 12.6. The number of halogens is 1. The molecule has 1 heterocycles. The van der Waals surface area contributed by atoms with E-state index in [9.17, 15) is 14.3 Å². The summed E-state index contributed by atoms with van der Waals surface area (Å²) < 4.78 is 18.9. The summed E-state index contributed by atoms with van der Waals surface area (Å²) in [5.41, 5.74) is 2.63. The third-order valence-corrected chi connectivity index (χ3v) is 4.08. The molecule has 5 heteroatoms. The van der Waals surface area contributed by atoms with Crippen molar-refractivity contribution < 1.29 is 18.7 Å². The number of benzene rings is 3. The largest absolute Gasteiger partial charge is 0.478 e. The summed E-state index contributed by atoms with van der Waals surface area (Å²) in [4.78, 5) is 11.5. The molecule has 0 saturated carbocycles. The second kappa shape index (κ2) is 6.37. The fourth-order valence-electron chi connectivity index (χ4n) is 2.80. The van der Waals surface area contributed by atoms with E-state index < -0.39 is 5.97 Å². The van der Waals surface area contributed by atoms with Crippen LogP contribution < -0.4 is 5.32 Å². The highest BCUT2D eigenvalue weighted by Crippen LogP contribution is 2.32. The zero-order valence-corrected chi connectivity index (χ0v) is 13.6. The van der Waals surface area contributed by atoms with Gasteiger partial charge in [-0.3, -0.25) is 0 Å². The fourth-order valence-corrected chi connectivity index (χ4v) is 2.80. The number of hydrogen-bond donors (Lipinski definition) is 2. The maximum Gasteiger partial charge on any atom is 0.337 e. The minimum Gasteiger partial charge on any atom is -0.478 e. The maximum absolute atomic E-state index is 13.1. The number of hydrogen-bond acceptors (Lipinski definition) is 3. The maximum atomic E-state index is 13.1. The molecular formula is C21H14FNO3. The molecule has 1 aromatic heterocycles. The van der Waals surface area contributed by atoms with E-state index in [0.717, 1.165) is 16.5 Å². The lowest BCUT2D eigenvalue weighted by Crippen LogP contribution is -2.03. The van der Waals surface area contributed by atoms with Crippen molar-refractivity contribution >= 4 is 28.3 Å². The first-order valence-electron chi connectivity index (χ1n) is 7.99. The van der Waals surface area contributed by atoms with Crippen molar-refractivity contribution in [2.45, 2.75) is 0 Å². The van der Waals surface area contributed by atoms with Gasteiger partial charge in [0.2, 0.25) is 0 Å². The van der Waals surface area contributed by atoms with Crippen LogP contribution in [0.3, 0.4) is 0 Å². The number of furan rings is 1. The van der Waals surface area contributed by atoms with Crippen molar-refractivity contribution in [1.29, 1.82) is 0 Å². The number of rotatable bonds is 4. The van der Waals surface area contributed by atoms with E-state index in [0.29, 0.717) is 17.1 Å². The highest BCUT2D eigenvalue weighted by Gasteiger charge is 2.14. The summed E-state index contributed by atoms with van der Waals surface area (Å²) in [6, 6.07) is 20.2. The van der Waals surface area contributed by atoms with Gasteiger partial charge in [-0.05, 0) is 48.5 Å². The molecule has 4 aromatic rings. The van der Waals surface area contributed by atoms with E-state index in [2.05, 4.69) is 5.32 Å². The summed E-state index contributed by atoms with van der Waals surface area (Å²) in [5, 5.41) is 13.4. The molecule has 3 aromatic carbocycles. The Balaban J connectivity index is 1.77. The highest BCUT2D eigenvalue weighted by molar-refractivity contribution is 5.96. The number of para-hydroxylation sites is 1. The number of carboxylic acids is 1. The third-order valence-electron chi connectivity index (χ3n) is 4.08. The van der Waals surface area contributed by atoms with Crippen LogP contribution >= 0.6 is 0 Å². The Morgan fingerprint density at radius 2 is 1.73 bits per heavy atom. The predicted molar refractivity (Wildman–Crippen MR) is 98.3 cm³/mol. The molecule has 0 radical (unpaired) electrons. The van der Waals surface area contributed by atoms with Gasteiger partial charge in [0.15, 0.2) is 0 Å². The SMILES string of the molecule is O=C(O)c1ccc(-c2cc3ccccc3o2)cc1Nc1ccc(F)cc1. The van der Waals surface area contributed by atoms with Crippen LogP contribution in [0.25, 0.3) is 22.3 Å². The van der Waals surface area contributed by atoms with Gasteiger partial charge in [-0.15, -0.1) is 0 Å². The van der Waals surface area contributed by atoms with Crippen LogP contribution in [-0.4, -0.2) is 11.1 Å². The minimum absolute atomic E-state index is 0.120. The average molecular weight is 347 g/mol. The Kier molecular flexibility index (Phi) is 3.89. The lowest BCUT2D eigenvalue weighted by Gasteiger charge is -2.11. The summed E-state index contributed by atoms with van der Waals surface area (Å²) >= 11 is 0. The number of carbonyl (C=O) groups is 1. The Hall–Kier alpha value is -3.60. The lowest BCUT2D eigenvalue weighted by atomic mass is 10.1. The van der Waals surface area contributed by atoms with Gasteiger partial charge in [0.1, 0.15) is 17.2 Å². The summed E-state index contributed by atoms with van der Waals surface area (Å²) in [7, 11) is 0. The highest BCUT2D eigenvalue weighted by atomic mass is 19.1. The quantitative estimate of drug-likeness (QED) is 0.498. The topological polar surface area (TPSA) is 62.5 Å². The van der Waals surface area contributed by atoms with Gasteiger partial charge in [-0.25, -0.2) is 9.18 Å². The number of fused-ring (bicyclic) bond motifs is 1. The van der Waals surface area contributed by atoms with Gasteiger partial charge >= 0.3 is 5.97 Å². The van der Waals surface area contributed by atoms with Gasteiger partial charge in [-0.1, -0.05) is 24.3 Å². The van der Waals surface area contributed by atoms with Crippen LogP contribution in [0, 0.1) is 5.82 Å². The Bertz CT molecular complexity index is 1070. The van der Waals surface area contributed by atoms with E-state index in [1.165, 1.54) is 18.2 Å². The summed E-state index contributed by atoms with van der Waals surface area (Å²) in [6.07, 6.45) is 0. The number of aromatic carboxylic acids is 1. The Morgan fingerprint density at radius 1 is 0.962 bits per heavy atom. The van der Waals surface area contributed by atoms with Crippen LogP contribution in [0.4, 0.5) is 15.8 Å². The molecule has 0 saturated heterocycles. The van der Waals surface area contributed by atoms with Crippen molar-refractivity contribution in [1.82, 2.24) is 0 Å². The molecule has 0 unspecified atom stereocenters. The molecule has 2 N–H and O–H groups in total. The van der Waals surface area contributed by atoms with E-state index in [1.807, 2.05) is 30.3 Å². The third kappa shape index (κ3) is 3.02. The molecular weight excluding hydrogens is 333 g/mol. The van der Waals surface area contributed by atoms with Crippen LogP contribution in [0.5, 0.6) is 0 Å². The molecule has 0 atom stereocenters. The molecule has 26 heavy (non-hydrogen) atoms. The first-order valence-corrected chi connectivity index (χ1v) is 7.99. The van der Waals surface area contributed by atoms with Crippen molar-refractivity contribution in [3.8, 4) is 11.3 Å². The van der Waals surface area contributed by atoms with Crippen molar-refractivity contribution in [2.75, 3.05) is 5.32 Å². The van der Waals surface area contributed by atoms with Gasteiger partial charge in [0, 0.05) is 16.6 Å². The van der Waals surface area contributed by atoms with Crippen LogP contribution in [-0.2, 0) is 0 Å². The summed E-state index contributed by atoms with van der Waals surface area (Å²) in [5.74, 6) is -0.763. The van der Waals surface area contributed by atoms with E-state index >= 15 is 0 Å². The zero-order chi connectivity index (χ0) is 18.1. The minimum atomic E-state index is -1.05. The standard InChI is InChI=1S/C21H14FNO3/c22-15-6-8-16(9-7-15)23-18-11-14(5-10-17(18)21(24)25)20-12-13-3-1-2-4-19(13)26-20/h1-12,23H,(H,24,25). The van der Waals surface area contributed by atoms with Crippen molar-refractivity contribution in [2.24, 2.45) is 0 Å². The molecule has 0 fully saturated rings. The number of carboxylic acid groups (broad SMARTS) is 1. The van der Waals surface area contributed by atoms with Gasteiger partial charge < -0.3 is 14.8 Å². The molecule has 4 nitrogen and oxygen atoms in total. The van der Waals surface area contributed by atoms with Crippen LogP contribution in [0.15, 0.2) is 77.2 Å². The van der Waals surface area contributed by atoms with Gasteiger partial charge in [0.25, 0.3) is 0 Å². The lowest BCUT2D eigenvalue weighted by molar-refractivity contribution is 0.0698. The molecule has 128 valence electrons. The van der Waals surface area contributed by atoms with Crippen molar-refractivity contribution in [3.63, 3.8) is 0 Å². The van der Waals surface area contributed by atoms with Crippen LogP contribution in [0.1, 0.15) is 10.4 Å². The molecule has 4 rings (SSSR count). The molecule has 0 bridgehead atoms. The smallest absolute Gasteiger partial charge is 0.337 e. The Labute approximate surface area is 148 Å². The molecule has 0 aliphatic carbocycles. The van der Waals surface area contributed by atoms with Gasteiger partial charge in [0.05, 0.1) is 11.3 Å². The fraction of sp³-hybridized carbons (Fsp3) is 0. The van der Waals surface area contributed by atoms with E-state index in [1.54, 1.807) is 24.3 Å². The van der Waals surface area contributed by atoms with Crippen molar-refractivity contribution in [3.05, 3.63) is 84.2 Å². The second-order valence-electron chi connectivity index (χ2n) is 5.85. The second-order valence-corrected chi connectivity index (χ2v) is 5.85.